The molecular weight excluding hydrogens is 130 g/mol. The van der Waals surface area contributed by atoms with Crippen LogP contribution in [0.15, 0.2) is 0 Å². The molecule has 0 spiro atoms. The molecule has 0 radical (unpaired) electrons. The van der Waals surface area contributed by atoms with Crippen molar-refractivity contribution in [1.29, 1.82) is 0 Å². The van der Waals surface area contributed by atoms with Crippen molar-refractivity contribution in [2.24, 2.45) is 0 Å². The lowest BCUT2D eigenvalue weighted by atomic mass is 10.6. The van der Waals surface area contributed by atoms with Crippen LogP contribution >= 0.6 is 17.0 Å². The molecule has 2 heteroatoms. The Bertz CT molecular complexity index is 6.85. The topological polar surface area (TPSA) is 35.0 Å². The molecule has 0 atom stereocenters. The van der Waals surface area contributed by atoms with Gasteiger partial charge in [0.25, 0.3) is 0 Å². The van der Waals surface area contributed by atoms with Crippen LogP contribution in [0.3, 0.4) is 0 Å². The Morgan fingerprint density at radius 1 is 1.20 bits per heavy atom. The van der Waals surface area contributed by atoms with Crippen LogP contribution < -0.4 is 6.15 Å². The SMILES string of the molecule is Br.CCC.N. The first-order chi connectivity index (χ1) is 1.41. The van der Waals surface area contributed by atoms with E-state index in [1.54, 1.807) is 0 Å². The lowest BCUT2D eigenvalue weighted by Crippen LogP contribution is -1.27. The Hall–Kier alpha value is 0.440. The zero-order valence-corrected chi connectivity index (χ0v) is 5.54. The molecule has 36 valence electrons. The smallest absolute Gasteiger partial charge is 0.0590 e. The van der Waals surface area contributed by atoms with Gasteiger partial charge < -0.3 is 6.15 Å². The van der Waals surface area contributed by atoms with Crippen molar-refractivity contribution in [3.8, 4) is 0 Å². The Balaban J connectivity index is -0.0000000200. The molecule has 0 aliphatic carbocycles. The van der Waals surface area contributed by atoms with Crippen molar-refractivity contribution < 1.29 is 0 Å². The number of hydrogen-bond acceptors (Lipinski definition) is 1. The highest BCUT2D eigenvalue weighted by Crippen LogP contribution is 1.56. The van der Waals surface area contributed by atoms with E-state index in [-0.39, 0.29) is 23.1 Å². The Morgan fingerprint density at radius 2 is 1.20 bits per heavy atom. The van der Waals surface area contributed by atoms with Gasteiger partial charge in [0.1, 0.15) is 0 Å². The molecule has 0 unspecified atom stereocenters. The van der Waals surface area contributed by atoms with Crippen LogP contribution in [0.4, 0.5) is 0 Å². The second-order valence-corrected chi connectivity index (χ2v) is 0.707. The summed E-state index contributed by atoms with van der Waals surface area (Å²) in [6, 6.07) is 0. The predicted octanol–water partition coefficient (Wildman–Crippen LogP) is 2.16. The van der Waals surface area contributed by atoms with Gasteiger partial charge in [-0.05, 0) is 0 Å². The maximum atomic E-state index is 2.12. The van der Waals surface area contributed by atoms with E-state index in [1.165, 1.54) is 6.42 Å². The highest BCUT2D eigenvalue weighted by Gasteiger charge is 1.35. The summed E-state index contributed by atoms with van der Waals surface area (Å²) in [4.78, 5) is 0. The fraction of sp³-hybridized carbons (Fsp3) is 1.00. The molecule has 0 bridgehead atoms. The van der Waals surface area contributed by atoms with Gasteiger partial charge in [-0.1, -0.05) is 20.3 Å². The van der Waals surface area contributed by atoms with Crippen LogP contribution in [0.2, 0.25) is 0 Å². The first-order valence-electron chi connectivity index (χ1n) is 1.41. The summed E-state index contributed by atoms with van der Waals surface area (Å²) < 4.78 is 0. The summed E-state index contributed by atoms with van der Waals surface area (Å²) in [5.41, 5.74) is 0. The largest absolute Gasteiger partial charge is 0.344 e. The third-order valence-corrected chi connectivity index (χ3v) is 0. The molecule has 0 aromatic heterocycles. The summed E-state index contributed by atoms with van der Waals surface area (Å²) in [7, 11) is 0. The van der Waals surface area contributed by atoms with Crippen LogP contribution in [0.1, 0.15) is 20.3 Å². The summed E-state index contributed by atoms with van der Waals surface area (Å²) in [5, 5.41) is 0. The minimum Gasteiger partial charge on any atom is -0.344 e. The Morgan fingerprint density at radius 3 is 1.20 bits per heavy atom. The highest BCUT2D eigenvalue weighted by molar-refractivity contribution is 8.93. The molecule has 0 amide bonds. The van der Waals surface area contributed by atoms with Crippen LogP contribution in [0.25, 0.3) is 0 Å². The van der Waals surface area contributed by atoms with Crippen LogP contribution in [-0.4, -0.2) is 0 Å². The molecule has 3 N–H and O–H groups in total. The average molecular weight is 142 g/mol. The van der Waals surface area contributed by atoms with Gasteiger partial charge in [-0.25, -0.2) is 0 Å². The first kappa shape index (κ1) is 18.0. The minimum absolute atomic E-state index is 0. The first-order valence-corrected chi connectivity index (χ1v) is 1.41. The molecular formula is C3H12BrN. The fourth-order valence-electron chi connectivity index (χ4n) is 0. The standard InChI is InChI=1S/C3H8.BrH.H3N/c1-3-2;;/h3H2,1-2H3;1H;1H3. The fourth-order valence-corrected chi connectivity index (χ4v) is 0. The molecule has 0 aliphatic rings. The maximum absolute atomic E-state index is 2.12. The molecule has 0 rings (SSSR count). The van der Waals surface area contributed by atoms with Gasteiger partial charge in [-0.15, -0.1) is 17.0 Å². The molecule has 5 heavy (non-hydrogen) atoms. The van der Waals surface area contributed by atoms with Crippen LogP contribution in [0, 0.1) is 0 Å². The van der Waals surface area contributed by atoms with Crippen molar-refractivity contribution in [3.05, 3.63) is 0 Å². The molecule has 0 aliphatic heterocycles. The van der Waals surface area contributed by atoms with Crippen molar-refractivity contribution in [1.82, 2.24) is 6.15 Å². The highest BCUT2D eigenvalue weighted by atomic mass is 79.9. The van der Waals surface area contributed by atoms with Gasteiger partial charge in [-0.3, -0.25) is 0 Å². The van der Waals surface area contributed by atoms with Crippen molar-refractivity contribution in [2.75, 3.05) is 0 Å². The lowest BCUT2D eigenvalue weighted by Gasteiger charge is -1.48. The van der Waals surface area contributed by atoms with E-state index in [1.807, 2.05) is 0 Å². The summed E-state index contributed by atoms with van der Waals surface area (Å²) >= 11 is 0. The van der Waals surface area contributed by atoms with Gasteiger partial charge >= 0.3 is 0 Å². The molecule has 0 fully saturated rings. The quantitative estimate of drug-likeness (QED) is 0.552. The van der Waals surface area contributed by atoms with E-state index in [0.29, 0.717) is 0 Å². The number of hydrogen-bond donors (Lipinski definition) is 1. The third-order valence-electron chi connectivity index (χ3n) is 0. The molecule has 0 saturated heterocycles. The number of halogens is 1. The Kier molecular flexibility index (Phi) is 91.3. The van der Waals surface area contributed by atoms with Crippen LogP contribution in [0.5, 0.6) is 0 Å². The predicted molar refractivity (Wildman–Crippen MR) is 31.3 cm³/mol. The minimum atomic E-state index is 0. The zero-order chi connectivity index (χ0) is 2.71. The lowest BCUT2D eigenvalue weighted by molar-refractivity contribution is 1.09. The van der Waals surface area contributed by atoms with Gasteiger partial charge in [0.15, 0.2) is 0 Å². The molecule has 0 heterocycles. The summed E-state index contributed by atoms with van der Waals surface area (Å²) in [6.07, 6.45) is 1.25. The van der Waals surface area contributed by atoms with Crippen molar-refractivity contribution >= 4 is 17.0 Å². The average Bonchev–Trinajstić information content (AvgIpc) is 0.918. The maximum Gasteiger partial charge on any atom is -0.0590 e. The van der Waals surface area contributed by atoms with E-state index < -0.39 is 0 Å². The van der Waals surface area contributed by atoms with E-state index in [9.17, 15) is 0 Å². The monoisotopic (exact) mass is 141 g/mol. The second kappa shape index (κ2) is 25.3. The third kappa shape index (κ3) is 137. The molecule has 1 nitrogen and oxygen atoms in total. The van der Waals surface area contributed by atoms with Gasteiger partial charge in [0, 0.05) is 0 Å². The van der Waals surface area contributed by atoms with E-state index in [2.05, 4.69) is 13.8 Å². The van der Waals surface area contributed by atoms with Gasteiger partial charge in [-0.2, -0.15) is 0 Å². The summed E-state index contributed by atoms with van der Waals surface area (Å²) in [6.45, 7) is 4.25. The zero-order valence-electron chi connectivity index (χ0n) is 3.82. The molecule has 0 aromatic carbocycles. The number of rotatable bonds is 0. The second-order valence-electron chi connectivity index (χ2n) is 0.707. The van der Waals surface area contributed by atoms with Crippen molar-refractivity contribution in [3.63, 3.8) is 0 Å². The van der Waals surface area contributed by atoms with Gasteiger partial charge in [0.05, 0.1) is 0 Å². The molecule has 0 aromatic rings. The molecule has 0 saturated carbocycles. The van der Waals surface area contributed by atoms with E-state index in [0.717, 1.165) is 0 Å². The van der Waals surface area contributed by atoms with E-state index >= 15 is 0 Å². The van der Waals surface area contributed by atoms with Crippen molar-refractivity contribution in [2.45, 2.75) is 20.3 Å². The van der Waals surface area contributed by atoms with E-state index in [4.69, 9.17) is 0 Å². The van der Waals surface area contributed by atoms with Crippen LogP contribution in [-0.2, 0) is 0 Å². The Labute approximate surface area is 44.1 Å². The normalized spacial score (nSPS) is 3.60. The summed E-state index contributed by atoms with van der Waals surface area (Å²) in [5.74, 6) is 0. The van der Waals surface area contributed by atoms with Gasteiger partial charge in [0.2, 0.25) is 0 Å².